The minimum absolute atomic E-state index is 0.247. The SMILES string of the molecule is Fc1ccccc1-c1nc2c(Br)cccn2c1NC1CCCCC1. The third kappa shape index (κ3) is 2.81. The molecule has 5 heteroatoms. The summed E-state index contributed by atoms with van der Waals surface area (Å²) in [6.07, 6.45) is 8.07. The molecule has 24 heavy (non-hydrogen) atoms. The smallest absolute Gasteiger partial charge is 0.153 e. The number of aromatic nitrogens is 2. The molecule has 1 aliphatic rings. The normalized spacial score (nSPS) is 15.8. The van der Waals surface area contributed by atoms with Crippen LogP contribution in [-0.4, -0.2) is 15.4 Å². The van der Waals surface area contributed by atoms with Gasteiger partial charge >= 0.3 is 0 Å². The Kier molecular flexibility index (Phi) is 4.27. The van der Waals surface area contributed by atoms with Gasteiger partial charge < -0.3 is 5.32 Å². The summed E-state index contributed by atoms with van der Waals surface area (Å²) in [5.41, 5.74) is 2.01. The minimum atomic E-state index is -0.247. The summed E-state index contributed by atoms with van der Waals surface area (Å²) in [6, 6.07) is 11.2. The number of benzene rings is 1. The van der Waals surface area contributed by atoms with Crippen molar-refractivity contribution in [3.63, 3.8) is 0 Å². The lowest BCUT2D eigenvalue weighted by Crippen LogP contribution is -2.23. The molecule has 124 valence electrons. The summed E-state index contributed by atoms with van der Waals surface area (Å²) < 4.78 is 17.3. The number of anilines is 1. The van der Waals surface area contributed by atoms with E-state index in [-0.39, 0.29) is 5.82 Å². The number of hydrogen-bond donors (Lipinski definition) is 1. The second-order valence-electron chi connectivity index (χ2n) is 6.32. The molecule has 1 saturated carbocycles. The molecule has 2 aromatic heterocycles. The number of hydrogen-bond acceptors (Lipinski definition) is 2. The predicted octanol–water partition coefficient (Wildman–Crippen LogP) is 5.65. The molecule has 0 aliphatic heterocycles. The van der Waals surface area contributed by atoms with E-state index in [2.05, 4.69) is 21.2 Å². The molecule has 1 N–H and O–H groups in total. The maximum atomic E-state index is 14.4. The van der Waals surface area contributed by atoms with Crippen LogP contribution in [0.15, 0.2) is 47.1 Å². The topological polar surface area (TPSA) is 29.3 Å². The molecule has 3 nitrogen and oxygen atoms in total. The van der Waals surface area contributed by atoms with Gasteiger partial charge in [0.15, 0.2) is 5.65 Å². The van der Waals surface area contributed by atoms with Gasteiger partial charge in [-0.2, -0.15) is 0 Å². The molecule has 0 radical (unpaired) electrons. The van der Waals surface area contributed by atoms with E-state index in [1.165, 1.54) is 25.3 Å². The van der Waals surface area contributed by atoms with Crippen molar-refractivity contribution in [2.45, 2.75) is 38.1 Å². The molecule has 0 spiro atoms. The van der Waals surface area contributed by atoms with Crippen LogP contribution in [0.5, 0.6) is 0 Å². The first-order valence-corrected chi connectivity index (χ1v) is 9.21. The van der Waals surface area contributed by atoms with Crippen LogP contribution >= 0.6 is 15.9 Å². The maximum absolute atomic E-state index is 14.4. The Hall–Kier alpha value is -1.88. The van der Waals surface area contributed by atoms with Crippen LogP contribution in [0.2, 0.25) is 0 Å². The van der Waals surface area contributed by atoms with Crippen molar-refractivity contribution >= 4 is 27.4 Å². The second kappa shape index (κ2) is 6.55. The lowest BCUT2D eigenvalue weighted by molar-refractivity contribution is 0.461. The summed E-state index contributed by atoms with van der Waals surface area (Å²) >= 11 is 3.56. The Morgan fingerprint density at radius 2 is 1.88 bits per heavy atom. The number of fused-ring (bicyclic) bond motifs is 1. The molecule has 0 saturated heterocycles. The van der Waals surface area contributed by atoms with Gasteiger partial charge in [-0.05, 0) is 53.0 Å². The number of imidazole rings is 1. The van der Waals surface area contributed by atoms with Gasteiger partial charge in [-0.15, -0.1) is 0 Å². The van der Waals surface area contributed by atoms with Crippen LogP contribution in [0, 0.1) is 5.82 Å². The van der Waals surface area contributed by atoms with Crippen LogP contribution in [0.25, 0.3) is 16.9 Å². The molecule has 0 bridgehead atoms. The number of halogens is 2. The summed E-state index contributed by atoms with van der Waals surface area (Å²) in [5, 5.41) is 3.64. The largest absolute Gasteiger partial charge is 0.367 e. The fourth-order valence-electron chi connectivity index (χ4n) is 3.45. The highest BCUT2D eigenvalue weighted by molar-refractivity contribution is 9.10. The number of nitrogens with one attached hydrogen (secondary N) is 1. The van der Waals surface area contributed by atoms with Gasteiger partial charge in [0.2, 0.25) is 0 Å². The van der Waals surface area contributed by atoms with Crippen LogP contribution in [0.1, 0.15) is 32.1 Å². The van der Waals surface area contributed by atoms with Crippen LogP contribution < -0.4 is 5.32 Å². The summed E-state index contributed by atoms with van der Waals surface area (Å²) in [5.74, 6) is 0.632. The molecule has 1 aromatic carbocycles. The Morgan fingerprint density at radius 1 is 1.08 bits per heavy atom. The molecule has 0 amide bonds. The van der Waals surface area contributed by atoms with Gasteiger partial charge in [-0.25, -0.2) is 9.37 Å². The van der Waals surface area contributed by atoms with E-state index in [9.17, 15) is 4.39 Å². The fourth-order valence-corrected chi connectivity index (χ4v) is 3.89. The number of rotatable bonds is 3. The molecule has 2 heterocycles. The third-order valence-corrected chi connectivity index (χ3v) is 5.30. The number of nitrogens with zero attached hydrogens (tertiary/aromatic N) is 2. The zero-order valence-corrected chi connectivity index (χ0v) is 14.9. The Bertz CT molecular complexity index is 868. The molecule has 1 fully saturated rings. The lowest BCUT2D eigenvalue weighted by Gasteiger charge is -2.24. The molecule has 4 rings (SSSR count). The molecule has 1 aliphatic carbocycles. The van der Waals surface area contributed by atoms with E-state index in [1.807, 2.05) is 28.8 Å². The monoisotopic (exact) mass is 387 g/mol. The van der Waals surface area contributed by atoms with Crippen molar-refractivity contribution in [1.29, 1.82) is 0 Å². The fraction of sp³-hybridized carbons (Fsp3) is 0.316. The van der Waals surface area contributed by atoms with E-state index < -0.39 is 0 Å². The summed E-state index contributed by atoms with van der Waals surface area (Å²) in [7, 11) is 0. The molecule has 3 aromatic rings. The zero-order valence-electron chi connectivity index (χ0n) is 13.3. The highest BCUT2D eigenvalue weighted by atomic mass is 79.9. The second-order valence-corrected chi connectivity index (χ2v) is 7.17. The highest BCUT2D eigenvalue weighted by Crippen LogP contribution is 2.34. The maximum Gasteiger partial charge on any atom is 0.153 e. The van der Waals surface area contributed by atoms with Crippen molar-refractivity contribution in [2.75, 3.05) is 5.32 Å². The quantitative estimate of drug-likeness (QED) is 0.629. The lowest BCUT2D eigenvalue weighted by atomic mass is 9.95. The van der Waals surface area contributed by atoms with Crippen LogP contribution in [-0.2, 0) is 0 Å². The van der Waals surface area contributed by atoms with E-state index in [0.29, 0.717) is 17.3 Å². The molecule has 0 atom stereocenters. The Morgan fingerprint density at radius 3 is 2.67 bits per heavy atom. The van der Waals surface area contributed by atoms with Crippen molar-refractivity contribution in [1.82, 2.24) is 9.38 Å². The highest BCUT2D eigenvalue weighted by Gasteiger charge is 2.21. The van der Waals surface area contributed by atoms with E-state index in [0.717, 1.165) is 28.8 Å². The van der Waals surface area contributed by atoms with Crippen molar-refractivity contribution in [3.8, 4) is 11.3 Å². The van der Waals surface area contributed by atoms with Crippen LogP contribution in [0.3, 0.4) is 0 Å². The molecular formula is C19H19BrFN3. The van der Waals surface area contributed by atoms with E-state index in [4.69, 9.17) is 4.98 Å². The van der Waals surface area contributed by atoms with Gasteiger partial charge in [0.05, 0.1) is 4.47 Å². The van der Waals surface area contributed by atoms with Gasteiger partial charge in [-0.1, -0.05) is 31.4 Å². The van der Waals surface area contributed by atoms with Crippen molar-refractivity contribution in [3.05, 3.63) is 52.9 Å². The van der Waals surface area contributed by atoms with Gasteiger partial charge in [0, 0.05) is 17.8 Å². The average molecular weight is 388 g/mol. The van der Waals surface area contributed by atoms with Gasteiger partial charge in [-0.3, -0.25) is 4.40 Å². The predicted molar refractivity (Wildman–Crippen MR) is 98.8 cm³/mol. The Labute approximate surface area is 149 Å². The number of pyridine rings is 1. The average Bonchev–Trinajstić information content (AvgIpc) is 2.96. The van der Waals surface area contributed by atoms with Gasteiger partial charge in [0.1, 0.15) is 17.3 Å². The van der Waals surface area contributed by atoms with Crippen molar-refractivity contribution in [2.24, 2.45) is 0 Å². The molecular weight excluding hydrogens is 369 g/mol. The Balaban J connectivity index is 1.86. The first kappa shape index (κ1) is 15.6. The third-order valence-electron chi connectivity index (χ3n) is 4.68. The summed E-state index contributed by atoms with van der Waals surface area (Å²) in [6.45, 7) is 0. The molecule has 0 unspecified atom stereocenters. The van der Waals surface area contributed by atoms with E-state index in [1.54, 1.807) is 12.1 Å². The first-order chi connectivity index (χ1) is 11.7. The first-order valence-electron chi connectivity index (χ1n) is 8.42. The minimum Gasteiger partial charge on any atom is -0.367 e. The standard InChI is InChI=1S/C19H19BrFN3/c20-15-10-6-12-24-18(15)23-17(14-9-4-5-11-16(14)21)19(24)22-13-7-2-1-3-8-13/h4-6,9-13,22H,1-3,7-8H2. The van der Waals surface area contributed by atoms with Crippen LogP contribution in [0.4, 0.5) is 10.2 Å². The summed E-state index contributed by atoms with van der Waals surface area (Å²) in [4.78, 5) is 4.72. The van der Waals surface area contributed by atoms with Crippen molar-refractivity contribution < 1.29 is 4.39 Å². The van der Waals surface area contributed by atoms with Gasteiger partial charge in [0.25, 0.3) is 0 Å². The zero-order chi connectivity index (χ0) is 16.5. The van der Waals surface area contributed by atoms with E-state index >= 15 is 0 Å².